The maximum absolute atomic E-state index is 11.8. The van der Waals surface area contributed by atoms with Gasteiger partial charge in [0.1, 0.15) is 5.37 Å². The van der Waals surface area contributed by atoms with E-state index in [2.05, 4.69) is 17.1 Å². The monoisotopic (exact) mass is 320 g/mol. The number of rotatable bonds is 5. The Morgan fingerprint density at radius 2 is 2.05 bits per heavy atom. The Balaban J connectivity index is 1.79. The van der Waals surface area contributed by atoms with E-state index < -0.39 is 9.84 Å². The van der Waals surface area contributed by atoms with Gasteiger partial charge in [-0.1, -0.05) is 19.8 Å². The van der Waals surface area contributed by atoms with E-state index in [-0.39, 0.29) is 5.37 Å². The van der Waals surface area contributed by atoms with Gasteiger partial charge in [-0.25, -0.2) is 8.42 Å². The predicted molar refractivity (Wildman–Crippen MR) is 87.0 cm³/mol. The fraction of sp³-hybridized carbons (Fsp3) is 1.00. The normalized spacial score (nSPS) is 33.2. The van der Waals surface area contributed by atoms with Crippen LogP contribution in [0.15, 0.2) is 0 Å². The fourth-order valence-electron chi connectivity index (χ4n) is 3.28. The van der Waals surface area contributed by atoms with Crippen LogP contribution in [-0.4, -0.2) is 62.1 Å². The molecule has 4 nitrogen and oxygen atoms in total. The quantitative estimate of drug-likeness (QED) is 0.833. The number of hydrogen-bond acceptors (Lipinski definition) is 5. The molecule has 0 aromatic rings. The van der Waals surface area contributed by atoms with Crippen molar-refractivity contribution in [2.24, 2.45) is 5.92 Å². The van der Waals surface area contributed by atoms with E-state index in [4.69, 9.17) is 0 Å². The van der Waals surface area contributed by atoms with Crippen LogP contribution in [0.3, 0.4) is 0 Å². The molecule has 0 bridgehead atoms. The maximum Gasteiger partial charge on any atom is 0.164 e. The van der Waals surface area contributed by atoms with Crippen molar-refractivity contribution < 1.29 is 8.42 Å². The highest BCUT2D eigenvalue weighted by molar-refractivity contribution is 8.00. The minimum absolute atomic E-state index is 0.285. The lowest BCUT2D eigenvalue weighted by atomic mass is 9.86. The largest absolute Gasteiger partial charge is 0.312 e. The van der Waals surface area contributed by atoms with Gasteiger partial charge in [0, 0.05) is 43.4 Å². The van der Waals surface area contributed by atoms with Crippen LogP contribution in [0.4, 0.5) is 0 Å². The molecule has 0 aromatic carbocycles. The first-order chi connectivity index (χ1) is 9.48. The van der Waals surface area contributed by atoms with Gasteiger partial charge in [0.15, 0.2) is 9.84 Å². The van der Waals surface area contributed by atoms with Crippen molar-refractivity contribution in [2.45, 2.75) is 44.0 Å². The van der Waals surface area contributed by atoms with E-state index in [9.17, 15) is 8.42 Å². The molecule has 6 heteroatoms. The number of thioether (sulfide) groups is 1. The van der Waals surface area contributed by atoms with Crippen molar-refractivity contribution in [2.75, 3.05) is 37.4 Å². The lowest BCUT2D eigenvalue weighted by molar-refractivity contribution is 0.238. The Morgan fingerprint density at radius 1 is 1.30 bits per heavy atom. The van der Waals surface area contributed by atoms with Gasteiger partial charge in [0.05, 0.1) is 0 Å². The molecule has 0 spiro atoms. The Hall–Kier alpha value is 0.220. The standard InChI is InChI=1S/C14H28N2O2S2/c1-12-5-3-4-6-13(12)15-7-8-16-9-10-19-11-14(16)20(2,17)18/h12-15H,3-11H2,1-2H3. The zero-order chi connectivity index (χ0) is 14.6. The first-order valence-electron chi connectivity index (χ1n) is 7.72. The summed E-state index contributed by atoms with van der Waals surface area (Å²) in [6.45, 7) is 4.98. The molecular weight excluding hydrogens is 292 g/mol. The molecule has 1 aliphatic carbocycles. The Bertz CT molecular complexity index is 400. The van der Waals surface area contributed by atoms with Gasteiger partial charge in [-0.15, -0.1) is 0 Å². The van der Waals surface area contributed by atoms with Crippen LogP contribution in [-0.2, 0) is 9.84 Å². The molecule has 1 saturated heterocycles. The van der Waals surface area contributed by atoms with E-state index in [1.165, 1.54) is 31.9 Å². The summed E-state index contributed by atoms with van der Waals surface area (Å²) in [6.07, 6.45) is 6.65. The summed E-state index contributed by atoms with van der Waals surface area (Å²) >= 11 is 1.75. The summed E-state index contributed by atoms with van der Waals surface area (Å²) in [5.41, 5.74) is 0. The lowest BCUT2D eigenvalue weighted by Gasteiger charge is -2.35. The minimum Gasteiger partial charge on any atom is -0.312 e. The molecule has 1 saturated carbocycles. The molecule has 3 unspecified atom stereocenters. The zero-order valence-electron chi connectivity index (χ0n) is 12.7. The van der Waals surface area contributed by atoms with Gasteiger partial charge in [-0.05, 0) is 18.8 Å². The topological polar surface area (TPSA) is 49.4 Å². The maximum atomic E-state index is 11.8. The van der Waals surface area contributed by atoms with Gasteiger partial charge >= 0.3 is 0 Å². The average molecular weight is 321 g/mol. The van der Waals surface area contributed by atoms with Crippen LogP contribution >= 0.6 is 11.8 Å². The smallest absolute Gasteiger partial charge is 0.164 e. The second-order valence-electron chi connectivity index (χ2n) is 6.22. The molecule has 20 heavy (non-hydrogen) atoms. The molecule has 118 valence electrons. The third kappa shape index (κ3) is 4.61. The van der Waals surface area contributed by atoms with Gasteiger partial charge < -0.3 is 5.32 Å². The lowest BCUT2D eigenvalue weighted by Crippen LogP contribution is -2.50. The van der Waals surface area contributed by atoms with Crippen molar-refractivity contribution in [3.63, 3.8) is 0 Å². The molecule has 0 aromatic heterocycles. The number of nitrogens with one attached hydrogen (secondary N) is 1. The Morgan fingerprint density at radius 3 is 2.75 bits per heavy atom. The first-order valence-corrected chi connectivity index (χ1v) is 10.8. The van der Waals surface area contributed by atoms with Gasteiger partial charge in [0.25, 0.3) is 0 Å². The second kappa shape index (κ2) is 7.47. The molecule has 2 fully saturated rings. The third-order valence-corrected chi connectivity index (χ3v) is 7.29. The van der Waals surface area contributed by atoms with Gasteiger partial charge in [0.2, 0.25) is 0 Å². The number of sulfone groups is 1. The van der Waals surface area contributed by atoms with Crippen LogP contribution in [0.2, 0.25) is 0 Å². The summed E-state index contributed by atoms with van der Waals surface area (Å²) in [7, 11) is -2.96. The van der Waals surface area contributed by atoms with Crippen LogP contribution in [0.5, 0.6) is 0 Å². The van der Waals surface area contributed by atoms with Crippen LogP contribution in [0.1, 0.15) is 32.6 Å². The van der Waals surface area contributed by atoms with Crippen molar-refractivity contribution in [3.8, 4) is 0 Å². The van der Waals surface area contributed by atoms with E-state index >= 15 is 0 Å². The summed E-state index contributed by atoms with van der Waals surface area (Å²) in [5.74, 6) is 2.52. The van der Waals surface area contributed by atoms with Crippen molar-refractivity contribution >= 4 is 21.6 Å². The molecule has 2 rings (SSSR count). The molecule has 3 atom stereocenters. The van der Waals surface area contributed by atoms with Gasteiger partial charge in [-0.2, -0.15) is 11.8 Å². The zero-order valence-corrected chi connectivity index (χ0v) is 14.3. The summed E-state index contributed by atoms with van der Waals surface area (Å²) < 4.78 is 23.7. The van der Waals surface area contributed by atoms with Crippen molar-refractivity contribution in [1.82, 2.24) is 10.2 Å². The molecule has 0 radical (unpaired) electrons. The van der Waals surface area contributed by atoms with Crippen molar-refractivity contribution in [1.29, 1.82) is 0 Å². The summed E-state index contributed by atoms with van der Waals surface area (Å²) in [6, 6.07) is 0.625. The van der Waals surface area contributed by atoms with E-state index in [1.807, 2.05) is 0 Å². The third-order valence-electron chi connectivity index (χ3n) is 4.60. The van der Waals surface area contributed by atoms with E-state index in [1.54, 1.807) is 11.8 Å². The highest BCUT2D eigenvalue weighted by Gasteiger charge is 2.30. The van der Waals surface area contributed by atoms with Crippen LogP contribution in [0, 0.1) is 5.92 Å². The molecule has 1 heterocycles. The van der Waals surface area contributed by atoms with Crippen LogP contribution in [0.25, 0.3) is 0 Å². The predicted octanol–water partition coefficient (Wildman–Crippen LogP) is 1.57. The Labute approximate surface area is 128 Å². The number of hydrogen-bond donors (Lipinski definition) is 1. The highest BCUT2D eigenvalue weighted by atomic mass is 32.2. The molecule has 0 amide bonds. The second-order valence-corrected chi connectivity index (χ2v) is 9.57. The van der Waals surface area contributed by atoms with Crippen LogP contribution < -0.4 is 5.32 Å². The highest BCUT2D eigenvalue weighted by Crippen LogP contribution is 2.24. The molecule has 1 N–H and O–H groups in total. The average Bonchev–Trinajstić information content (AvgIpc) is 2.40. The van der Waals surface area contributed by atoms with Gasteiger partial charge in [-0.3, -0.25) is 4.90 Å². The SMILES string of the molecule is CC1CCCCC1NCCN1CCSCC1S(C)(=O)=O. The van der Waals surface area contributed by atoms with E-state index in [0.29, 0.717) is 6.04 Å². The number of nitrogens with zero attached hydrogens (tertiary/aromatic N) is 1. The molecule has 2 aliphatic rings. The molecular formula is C14H28N2O2S2. The molecule has 1 aliphatic heterocycles. The fourth-order valence-corrected chi connectivity index (χ4v) is 6.25. The summed E-state index contributed by atoms with van der Waals surface area (Å²) in [5, 5.41) is 3.36. The minimum atomic E-state index is -2.96. The van der Waals surface area contributed by atoms with Crippen molar-refractivity contribution in [3.05, 3.63) is 0 Å². The van der Waals surface area contributed by atoms with E-state index in [0.717, 1.165) is 37.1 Å². The Kier molecular flexibility index (Phi) is 6.20. The first kappa shape index (κ1) is 16.6. The summed E-state index contributed by atoms with van der Waals surface area (Å²) in [4.78, 5) is 2.15.